The van der Waals surface area contributed by atoms with E-state index in [1.165, 1.54) is 13.0 Å². The van der Waals surface area contributed by atoms with Crippen LogP contribution in [0.2, 0.25) is 0 Å². The molecule has 0 spiro atoms. The minimum Gasteiger partial charge on any atom is -0.308 e. The molecule has 0 radical (unpaired) electrons. The van der Waals surface area contributed by atoms with E-state index in [0.717, 1.165) is 6.54 Å². The van der Waals surface area contributed by atoms with Crippen LogP contribution in [0.5, 0.6) is 0 Å². The Hall–Kier alpha value is -0.0800. The van der Waals surface area contributed by atoms with Gasteiger partial charge < -0.3 is 5.32 Å². The molecule has 1 saturated heterocycles. The van der Waals surface area contributed by atoms with Gasteiger partial charge in [-0.05, 0) is 48.0 Å². The summed E-state index contributed by atoms with van der Waals surface area (Å²) in [6.07, 6.45) is 1.25. The van der Waals surface area contributed by atoms with Crippen molar-refractivity contribution >= 4 is 0 Å². The van der Waals surface area contributed by atoms with Crippen LogP contribution in [0, 0.1) is 0 Å². The predicted molar refractivity (Wildman–Crippen MR) is 62.6 cm³/mol. The molecule has 14 heavy (non-hydrogen) atoms. The number of nitrogens with zero attached hydrogens (tertiary/aromatic N) is 1. The van der Waals surface area contributed by atoms with E-state index in [2.05, 4.69) is 51.8 Å². The lowest BCUT2D eigenvalue weighted by Crippen LogP contribution is -2.52. The fraction of sp³-hybridized carbons (Fsp3) is 1.00. The van der Waals surface area contributed by atoms with Crippen molar-refractivity contribution < 1.29 is 0 Å². The second kappa shape index (κ2) is 3.82. The zero-order valence-electron chi connectivity index (χ0n) is 10.6. The molecule has 1 rings (SSSR count). The van der Waals surface area contributed by atoms with E-state index < -0.39 is 0 Å². The zero-order chi connectivity index (χ0) is 11.0. The summed E-state index contributed by atoms with van der Waals surface area (Å²) in [7, 11) is 0. The van der Waals surface area contributed by atoms with Crippen molar-refractivity contribution in [2.24, 2.45) is 0 Å². The number of hydrogen-bond acceptors (Lipinski definition) is 2. The molecule has 1 unspecified atom stereocenters. The molecule has 0 aromatic rings. The summed E-state index contributed by atoms with van der Waals surface area (Å²) in [5.41, 5.74) is 0.534. The molecule has 0 saturated carbocycles. The molecule has 0 bridgehead atoms. The maximum Gasteiger partial charge on any atom is 0.0254 e. The van der Waals surface area contributed by atoms with Crippen LogP contribution < -0.4 is 5.32 Å². The average Bonchev–Trinajstić information content (AvgIpc) is 2.05. The Morgan fingerprint density at radius 3 is 2.36 bits per heavy atom. The van der Waals surface area contributed by atoms with E-state index in [1.807, 2.05) is 0 Å². The van der Waals surface area contributed by atoms with Crippen molar-refractivity contribution in [2.75, 3.05) is 13.1 Å². The van der Waals surface area contributed by atoms with Gasteiger partial charge in [0, 0.05) is 30.2 Å². The first-order valence-corrected chi connectivity index (χ1v) is 5.73. The normalized spacial score (nSPS) is 30.0. The van der Waals surface area contributed by atoms with Gasteiger partial charge in [-0.1, -0.05) is 0 Å². The lowest BCUT2D eigenvalue weighted by molar-refractivity contribution is 0.117. The van der Waals surface area contributed by atoms with Crippen molar-refractivity contribution in [3.8, 4) is 0 Å². The standard InChI is InChI=1S/C12H26N2/c1-10-7-8-14(11(2,3)4)9-12(5,6)13-10/h10,13H,7-9H2,1-6H3. The second-order valence-corrected chi connectivity index (χ2v) is 6.31. The van der Waals surface area contributed by atoms with Gasteiger partial charge in [0.05, 0.1) is 0 Å². The van der Waals surface area contributed by atoms with Gasteiger partial charge in [-0.2, -0.15) is 0 Å². The van der Waals surface area contributed by atoms with Crippen molar-refractivity contribution in [3.05, 3.63) is 0 Å². The minimum atomic E-state index is 0.239. The van der Waals surface area contributed by atoms with Crippen LogP contribution in [0.1, 0.15) is 48.0 Å². The zero-order valence-corrected chi connectivity index (χ0v) is 10.6. The van der Waals surface area contributed by atoms with E-state index in [4.69, 9.17) is 0 Å². The van der Waals surface area contributed by atoms with E-state index in [9.17, 15) is 0 Å². The highest BCUT2D eigenvalue weighted by Gasteiger charge is 2.32. The molecule has 1 heterocycles. The first kappa shape index (κ1) is 12.0. The minimum absolute atomic E-state index is 0.239. The molecule has 0 aliphatic carbocycles. The van der Waals surface area contributed by atoms with Gasteiger partial charge in [0.25, 0.3) is 0 Å². The monoisotopic (exact) mass is 198 g/mol. The van der Waals surface area contributed by atoms with Crippen molar-refractivity contribution in [1.29, 1.82) is 0 Å². The Morgan fingerprint density at radius 2 is 1.86 bits per heavy atom. The summed E-state index contributed by atoms with van der Waals surface area (Å²) in [6, 6.07) is 0.636. The smallest absolute Gasteiger partial charge is 0.0254 e. The van der Waals surface area contributed by atoms with Gasteiger partial charge in [-0.3, -0.25) is 4.90 Å². The highest BCUT2D eigenvalue weighted by atomic mass is 15.2. The van der Waals surface area contributed by atoms with Crippen LogP contribution in [0.4, 0.5) is 0 Å². The molecule has 1 atom stereocenters. The van der Waals surface area contributed by atoms with Crippen LogP contribution in [-0.2, 0) is 0 Å². The number of nitrogens with one attached hydrogen (secondary N) is 1. The molecule has 1 fully saturated rings. The maximum atomic E-state index is 3.68. The Balaban J connectivity index is 2.72. The third kappa shape index (κ3) is 3.25. The lowest BCUT2D eigenvalue weighted by Gasteiger charge is -2.39. The van der Waals surface area contributed by atoms with Gasteiger partial charge in [0.15, 0.2) is 0 Å². The molecule has 1 N–H and O–H groups in total. The Morgan fingerprint density at radius 1 is 1.29 bits per heavy atom. The first-order chi connectivity index (χ1) is 6.21. The van der Waals surface area contributed by atoms with E-state index in [1.54, 1.807) is 0 Å². The van der Waals surface area contributed by atoms with Gasteiger partial charge >= 0.3 is 0 Å². The fourth-order valence-electron chi connectivity index (χ4n) is 2.26. The SMILES string of the molecule is CC1CCN(C(C)(C)C)CC(C)(C)N1. The van der Waals surface area contributed by atoms with Crippen LogP contribution in [0.25, 0.3) is 0 Å². The van der Waals surface area contributed by atoms with Crippen molar-refractivity contribution in [1.82, 2.24) is 10.2 Å². The Labute approximate surface area is 89.1 Å². The highest BCUT2D eigenvalue weighted by molar-refractivity contribution is 4.92. The van der Waals surface area contributed by atoms with Crippen LogP contribution in [0.3, 0.4) is 0 Å². The van der Waals surface area contributed by atoms with Crippen molar-refractivity contribution in [3.63, 3.8) is 0 Å². The molecule has 1 aliphatic heterocycles. The van der Waals surface area contributed by atoms with E-state index in [-0.39, 0.29) is 5.54 Å². The fourth-order valence-corrected chi connectivity index (χ4v) is 2.26. The van der Waals surface area contributed by atoms with E-state index in [0.29, 0.717) is 11.6 Å². The topological polar surface area (TPSA) is 15.3 Å². The average molecular weight is 198 g/mol. The molecule has 1 aliphatic rings. The largest absolute Gasteiger partial charge is 0.308 e. The van der Waals surface area contributed by atoms with Gasteiger partial charge in [-0.15, -0.1) is 0 Å². The quantitative estimate of drug-likeness (QED) is 0.642. The third-order valence-electron chi connectivity index (χ3n) is 3.00. The molecule has 2 heteroatoms. The Kier molecular flexibility index (Phi) is 3.27. The predicted octanol–water partition coefficient (Wildman–Crippen LogP) is 2.25. The first-order valence-electron chi connectivity index (χ1n) is 5.73. The molecule has 0 amide bonds. The Bertz CT molecular complexity index is 191. The van der Waals surface area contributed by atoms with Crippen molar-refractivity contribution in [2.45, 2.75) is 65.1 Å². The molecule has 84 valence electrons. The molecule has 0 aromatic heterocycles. The van der Waals surface area contributed by atoms with E-state index >= 15 is 0 Å². The third-order valence-corrected chi connectivity index (χ3v) is 3.00. The van der Waals surface area contributed by atoms with Crippen LogP contribution in [0.15, 0.2) is 0 Å². The molecule has 0 aromatic carbocycles. The summed E-state index contributed by atoms with van der Waals surface area (Å²) < 4.78 is 0. The van der Waals surface area contributed by atoms with Gasteiger partial charge in [0.1, 0.15) is 0 Å². The summed E-state index contributed by atoms with van der Waals surface area (Å²) in [5.74, 6) is 0. The van der Waals surface area contributed by atoms with Crippen LogP contribution >= 0.6 is 0 Å². The lowest BCUT2D eigenvalue weighted by atomic mass is 10.00. The summed E-state index contributed by atoms with van der Waals surface area (Å²) in [6.45, 7) is 16.1. The maximum absolute atomic E-state index is 3.68. The van der Waals surface area contributed by atoms with Gasteiger partial charge in [0.2, 0.25) is 0 Å². The molecular weight excluding hydrogens is 172 g/mol. The summed E-state index contributed by atoms with van der Waals surface area (Å²) >= 11 is 0. The van der Waals surface area contributed by atoms with Crippen LogP contribution in [-0.4, -0.2) is 35.1 Å². The highest BCUT2D eigenvalue weighted by Crippen LogP contribution is 2.21. The molecular formula is C12H26N2. The summed E-state index contributed by atoms with van der Waals surface area (Å²) in [5, 5.41) is 3.68. The summed E-state index contributed by atoms with van der Waals surface area (Å²) in [4.78, 5) is 2.59. The number of rotatable bonds is 0. The number of hydrogen-bond donors (Lipinski definition) is 1. The second-order valence-electron chi connectivity index (χ2n) is 6.31. The molecule has 2 nitrogen and oxygen atoms in total. The van der Waals surface area contributed by atoms with Gasteiger partial charge in [-0.25, -0.2) is 0 Å².